The van der Waals surface area contributed by atoms with Crippen molar-refractivity contribution in [2.45, 2.75) is 13.3 Å². The molecule has 0 aromatic carbocycles. The highest BCUT2D eigenvalue weighted by Crippen LogP contribution is 1.98. The molecule has 5 heteroatoms. The molecule has 0 heterocycles. The van der Waals surface area contributed by atoms with E-state index < -0.39 is 18.5 Å². The van der Waals surface area contributed by atoms with Crippen LogP contribution < -0.4 is 5.32 Å². The van der Waals surface area contributed by atoms with Crippen LogP contribution in [-0.2, 0) is 9.59 Å². The van der Waals surface area contributed by atoms with Crippen LogP contribution in [0, 0.1) is 5.92 Å². The highest BCUT2D eigenvalue weighted by molar-refractivity contribution is 5.76. The normalized spacial score (nSPS) is 12.2. The van der Waals surface area contributed by atoms with Crippen LogP contribution in [0.4, 0.5) is 0 Å². The summed E-state index contributed by atoms with van der Waals surface area (Å²) in [6.07, 6.45) is 0.0196. The minimum Gasteiger partial charge on any atom is -0.481 e. The summed E-state index contributed by atoms with van der Waals surface area (Å²) in [5.41, 5.74) is 0. The van der Waals surface area contributed by atoms with Gasteiger partial charge in [-0.1, -0.05) is 6.92 Å². The van der Waals surface area contributed by atoms with Crippen LogP contribution in [0.1, 0.15) is 13.3 Å². The molecule has 1 atom stereocenters. The van der Waals surface area contributed by atoms with Crippen LogP contribution in [-0.4, -0.2) is 35.2 Å². The molecule has 70 valence electrons. The van der Waals surface area contributed by atoms with E-state index in [9.17, 15) is 9.59 Å². The SMILES string of the molecule is CC(CNC(=O)CO)CC(=O)O. The highest BCUT2D eigenvalue weighted by Gasteiger charge is 2.08. The third-order valence-corrected chi connectivity index (χ3v) is 1.31. The molecule has 1 amide bonds. The molecular formula is C7H13NO4. The summed E-state index contributed by atoms with van der Waals surface area (Å²) in [4.78, 5) is 20.7. The molecule has 5 nitrogen and oxygen atoms in total. The van der Waals surface area contributed by atoms with E-state index in [1.165, 1.54) is 0 Å². The van der Waals surface area contributed by atoms with Gasteiger partial charge in [-0.15, -0.1) is 0 Å². The first kappa shape index (κ1) is 10.9. The van der Waals surface area contributed by atoms with Crippen molar-refractivity contribution in [3.8, 4) is 0 Å². The molecule has 1 unspecified atom stereocenters. The smallest absolute Gasteiger partial charge is 0.303 e. The average Bonchev–Trinajstić information content (AvgIpc) is 1.99. The Bertz CT molecular complexity index is 169. The van der Waals surface area contributed by atoms with Crippen molar-refractivity contribution in [1.29, 1.82) is 0 Å². The summed E-state index contributed by atoms with van der Waals surface area (Å²) >= 11 is 0. The monoisotopic (exact) mass is 175 g/mol. The van der Waals surface area contributed by atoms with Crippen LogP contribution in [0.2, 0.25) is 0 Å². The lowest BCUT2D eigenvalue weighted by Gasteiger charge is -2.08. The van der Waals surface area contributed by atoms with Crippen LogP contribution in [0.25, 0.3) is 0 Å². The van der Waals surface area contributed by atoms with E-state index in [1.54, 1.807) is 6.92 Å². The molecule has 0 bridgehead atoms. The molecule has 0 rings (SSSR count). The largest absolute Gasteiger partial charge is 0.481 e. The molecule has 0 aromatic rings. The van der Waals surface area contributed by atoms with E-state index in [1.807, 2.05) is 0 Å². The number of carbonyl (C=O) groups excluding carboxylic acids is 1. The van der Waals surface area contributed by atoms with Gasteiger partial charge in [-0.05, 0) is 5.92 Å². The van der Waals surface area contributed by atoms with Gasteiger partial charge < -0.3 is 15.5 Å². The molecular weight excluding hydrogens is 162 g/mol. The number of amides is 1. The van der Waals surface area contributed by atoms with E-state index in [0.29, 0.717) is 0 Å². The number of carboxylic acid groups (broad SMARTS) is 1. The van der Waals surface area contributed by atoms with E-state index in [4.69, 9.17) is 10.2 Å². The van der Waals surface area contributed by atoms with E-state index in [0.717, 1.165) is 0 Å². The molecule has 0 aliphatic carbocycles. The lowest BCUT2D eigenvalue weighted by molar-refractivity contribution is -0.138. The summed E-state index contributed by atoms with van der Waals surface area (Å²) in [5.74, 6) is -1.48. The Labute approximate surface area is 70.4 Å². The van der Waals surface area contributed by atoms with Gasteiger partial charge in [0.15, 0.2) is 0 Å². The standard InChI is InChI=1S/C7H13NO4/c1-5(2-7(11)12)3-8-6(10)4-9/h5,9H,2-4H2,1H3,(H,8,10)(H,11,12). The molecule has 0 fully saturated rings. The fourth-order valence-corrected chi connectivity index (χ4v) is 0.714. The van der Waals surface area contributed by atoms with E-state index >= 15 is 0 Å². The first-order chi connectivity index (χ1) is 5.56. The van der Waals surface area contributed by atoms with Crippen LogP contribution in [0.5, 0.6) is 0 Å². The average molecular weight is 175 g/mol. The van der Waals surface area contributed by atoms with Gasteiger partial charge in [-0.2, -0.15) is 0 Å². The zero-order valence-corrected chi connectivity index (χ0v) is 6.91. The maximum Gasteiger partial charge on any atom is 0.303 e. The fourth-order valence-electron chi connectivity index (χ4n) is 0.714. The molecule has 0 radical (unpaired) electrons. The maximum atomic E-state index is 10.5. The fraction of sp³-hybridized carbons (Fsp3) is 0.714. The molecule has 0 spiro atoms. The molecule has 0 aliphatic rings. The Balaban J connectivity index is 3.50. The number of carbonyl (C=O) groups is 2. The highest BCUT2D eigenvalue weighted by atomic mass is 16.4. The van der Waals surface area contributed by atoms with Crippen molar-refractivity contribution in [1.82, 2.24) is 5.32 Å². The Kier molecular flexibility index (Phi) is 5.03. The van der Waals surface area contributed by atoms with Gasteiger partial charge in [0.1, 0.15) is 6.61 Å². The second-order valence-corrected chi connectivity index (χ2v) is 2.67. The Morgan fingerprint density at radius 2 is 2.08 bits per heavy atom. The zero-order valence-electron chi connectivity index (χ0n) is 6.91. The van der Waals surface area contributed by atoms with Gasteiger partial charge in [0, 0.05) is 13.0 Å². The lowest BCUT2D eigenvalue weighted by atomic mass is 10.1. The number of aliphatic hydroxyl groups excluding tert-OH is 1. The predicted octanol–water partition coefficient (Wildman–Crippen LogP) is -0.794. The number of rotatable bonds is 5. The minimum absolute atomic E-state index is 0.0196. The Morgan fingerprint density at radius 3 is 2.50 bits per heavy atom. The zero-order chi connectivity index (χ0) is 9.56. The van der Waals surface area contributed by atoms with E-state index in [-0.39, 0.29) is 18.9 Å². The topological polar surface area (TPSA) is 86.6 Å². The number of hydrogen-bond donors (Lipinski definition) is 3. The second-order valence-electron chi connectivity index (χ2n) is 2.67. The summed E-state index contributed by atoms with van der Waals surface area (Å²) < 4.78 is 0. The van der Waals surface area contributed by atoms with Crippen molar-refractivity contribution < 1.29 is 19.8 Å². The van der Waals surface area contributed by atoms with Gasteiger partial charge in [-0.3, -0.25) is 9.59 Å². The molecule has 0 aliphatic heterocycles. The number of aliphatic hydroxyl groups is 1. The van der Waals surface area contributed by atoms with Gasteiger partial charge >= 0.3 is 5.97 Å². The second kappa shape index (κ2) is 5.54. The number of hydrogen-bond acceptors (Lipinski definition) is 3. The third kappa shape index (κ3) is 5.67. The van der Waals surface area contributed by atoms with Crippen molar-refractivity contribution in [2.75, 3.05) is 13.2 Å². The number of nitrogens with one attached hydrogen (secondary N) is 1. The summed E-state index contributed by atoms with van der Waals surface area (Å²) in [7, 11) is 0. The van der Waals surface area contributed by atoms with Crippen LogP contribution in [0.3, 0.4) is 0 Å². The molecule has 0 saturated carbocycles. The van der Waals surface area contributed by atoms with Gasteiger partial charge in [-0.25, -0.2) is 0 Å². The first-order valence-corrected chi connectivity index (χ1v) is 3.65. The van der Waals surface area contributed by atoms with Crippen molar-refractivity contribution in [3.63, 3.8) is 0 Å². The number of carboxylic acids is 1. The van der Waals surface area contributed by atoms with Crippen molar-refractivity contribution in [3.05, 3.63) is 0 Å². The van der Waals surface area contributed by atoms with Gasteiger partial charge in [0.25, 0.3) is 0 Å². The van der Waals surface area contributed by atoms with Crippen LogP contribution >= 0.6 is 0 Å². The van der Waals surface area contributed by atoms with Crippen molar-refractivity contribution in [2.24, 2.45) is 5.92 Å². The number of aliphatic carboxylic acids is 1. The van der Waals surface area contributed by atoms with Gasteiger partial charge in [0.2, 0.25) is 5.91 Å². The molecule has 0 saturated heterocycles. The predicted molar refractivity (Wildman–Crippen MR) is 41.5 cm³/mol. The third-order valence-electron chi connectivity index (χ3n) is 1.31. The van der Waals surface area contributed by atoms with Crippen molar-refractivity contribution >= 4 is 11.9 Å². The quantitative estimate of drug-likeness (QED) is 0.511. The molecule has 3 N–H and O–H groups in total. The lowest BCUT2D eigenvalue weighted by Crippen LogP contribution is -2.31. The molecule has 12 heavy (non-hydrogen) atoms. The summed E-state index contributed by atoms with van der Waals surface area (Å²) in [6, 6.07) is 0. The molecule has 0 aromatic heterocycles. The summed E-state index contributed by atoms with van der Waals surface area (Å²) in [5, 5.41) is 19.0. The van der Waals surface area contributed by atoms with Crippen LogP contribution in [0.15, 0.2) is 0 Å². The first-order valence-electron chi connectivity index (χ1n) is 3.65. The van der Waals surface area contributed by atoms with E-state index in [2.05, 4.69) is 5.32 Å². The Morgan fingerprint density at radius 1 is 1.50 bits per heavy atom. The Hall–Kier alpha value is -1.10. The van der Waals surface area contributed by atoms with Gasteiger partial charge in [0.05, 0.1) is 0 Å². The maximum absolute atomic E-state index is 10.5. The summed E-state index contributed by atoms with van der Waals surface area (Å²) in [6.45, 7) is 1.44. The minimum atomic E-state index is -0.888.